The number of halogens is 1. The van der Waals surface area contributed by atoms with Gasteiger partial charge in [-0.3, -0.25) is 9.59 Å². The molecule has 0 fully saturated rings. The summed E-state index contributed by atoms with van der Waals surface area (Å²) in [4.78, 5) is 23.4. The van der Waals surface area contributed by atoms with Crippen molar-refractivity contribution in [3.05, 3.63) is 29.6 Å². The predicted molar refractivity (Wildman–Crippen MR) is 60.1 cm³/mol. The van der Waals surface area contributed by atoms with E-state index in [4.69, 9.17) is 4.74 Å². The van der Waals surface area contributed by atoms with Gasteiger partial charge in [0.1, 0.15) is 0 Å². The van der Waals surface area contributed by atoms with Gasteiger partial charge in [-0.25, -0.2) is 4.39 Å². The van der Waals surface area contributed by atoms with Crippen LogP contribution in [0.15, 0.2) is 18.2 Å². The largest absolute Gasteiger partial charge is 0.494 e. The van der Waals surface area contributed by atoms with E-state index in [2.05, 4.69) is 0 Å². The van der Waals surface area contributed by atoms with Gasteiger partial charge in [-0.15, -0.1) is 0 Å². The Bertz CT molecular complexity index is 445. The molecule has 0 radical (unpaired) electrons. The minimum absolute atomic E-state index is 0.147. The molecule has 1 rings (SSSR count). The molecule has 0 bridgehead atoms. The molecule has 1 aromatic rings. The molecule has 0 saturated carbocycles. The summed E-state index contributed by atoms with van der Waals surface area (Å²) in [6.45, 7) is 1.38. The molecule has 0 atom stereocenters. The fourth-order valence-electron chi connectivity index (χ4n) is 1.42. The number of likely N-dealkylation sites (N-methyl/N-ethyl adjacent to an activating group) is 1. The molecule has 1 aromatic carbocycles. The van der Waals surface area contributed by atoms with Gasteiger partial charge in [0.25, 0.3) is 5.91 Å². The lowest BCUT2D eigenvalue weighted by atomic mass is 10.2. The van der Waals surface area contributed by atoms with Crippen molar-refractivity contribution in [1.82, 2.24) is 4.90 Å². The van der Waals surface area contributed by atoms with Crippen LogP contribution in [0.3, 0.4) is 0 Å². The Labute approximate surface area is 99.0 Å². The van der Waals surface area contributed by atoms with Crippen molar-refractivity contribution in [2.24, 2.45) is 0 Å². The van der Waals surface area contributed by atoms with Crippen LogP contribution in [0.1, 0.15) is 12.5 Å². The Hall–Kier alpha value is -1.91. The van der Waals surface area contributed by atoms with Gasteiger partial charge in [0.15, 0.2) is 11.6 Å². The fourth-order valence-corrected chi connectivity index (χ4v) is 1.42. The van der Waals surface area contributed by atoms with Gasteiger partial charge in [-0.05, 0) is 17.7 Å². The van der Waals surface area contributed by atoms with Gasteiger partial charge in [-0.2, -0.15) is 0 Å². The standard InChI is InChI=1S/C12H14FNO3/c1-8(15)12(16)14(2)7-9-4-5-11(17-3)10(13)6-9/h4-6H,7H2,1-3H3. The van der Waals surface area contributed by atoms with E-state index in [1.807, 2.05) is 0 Å². The summed E-state index contributed by atoms with van der Waals surface area (Å²) in [5.74, 6) is -1.48. The molecular weight excluding hydrogens is 225 g/mol. The van der Waals surface area contributed by atoms with Crippen molar-refractivity contribution in [2.45, 2.75) is 13.5 Å². The van der Waals surface area contributed by atoms with E-state index in [1.165, 1.54) is 38.1 Å². The number of benzene rings is 1. The lowest BCUT2D eigenvalue weighted by molar-refractivity contribution is -0.143. The topological polar surface area (TPSA) is 46.6 Å². The summed E-state index contributed by atoms with van der Waals surface area (Å²) in [5, 5.41) is 0. The second-order valence-corrected chi connectivity index (χ2v) is 3.69. The lowest BCUT2D eigenvalue weighted by Crippen LogP contribution is -2.31. The highest BCUT2D eigenvalue weighted by molar-refractivity contribution is 6.34. The number of nitrogens with zero attached hydrogens (tertiary/aromatic N) is 1. The Kier molecular flexibility index (Phi) is 4.20. The predicted octanol–water partition coefficient (Wildman–Crippen LogP) is 1.38. The van der Waals surface area contributed by atoms with Crippen LogP contribution in [0.4, 0.5) is 4.39 Å². The second-order valence-electron chi connectivity index (χ2n) is 3.69. The number of methoxy groups -OCH3 is 1. The van der Waals surface area contributed by atoms with Crippen molar-refractivity contribution in [2.75, 3.05) is 14.2 Å². The summed E-state index contributed by atoms with van der Waals surface area (Å²) in [7, 11) is 2.87. The van der Waals surface area contributed by atoms with Gasteiger partial charge < -0.3 is 9.64 Å². The number of ketones is 1. The molecule has 0 spiro atoms. The Balaban J connectivity index is 2.79. The Morgan fingerprint density at radius 1 is 1.41 bits per heavy atom. The SMILES string of the molecule is COc1ccc(CN(C)C(=O)C(C)=O)cc1F. The van der Waals surface area contributed by atoms with Gasteiger partial charge in [0.2, 0.25) is 5.78 Å². The lowest BCUT2D eigenvalue weighted by Gasteiger charge is -2.15. The highest BCUT2D eigenvalue weighted by Gasteiger charge is 2.14. The van der Waals surface area contributed by atoms with E-state index in [9.17, 15) is 14.0 Å². The van der Waals surface area contributed by atoms with Crippen LogP contribution < -0.4 is 4.74 Å². The first-order valence-corrected chi connectivity index (χ1v) is 5.04. The number of rotatable bonds is 4. The summed E-state index contributed by atoms with van der Waals surface area (Å²) in [6.07, 6.45) is 0. The van der Waals surface area contributed by atoms with Gasteiger partial charge in [0.05, 0.1) is 7.11 Å². The smallest absolute Gasteiger partial charge is 0.289 e. The summed E-state index contributed by atoms with van der Waals surface area (Å²) in [6, 6.07) is 4.41. The molecule has 4 nitrogen and oxygen atoms in total. The van der Waals surface area contributed by atoms with Gasteiger partial charge >= 0.3 is 0 Å². The summed E-state index contributed by atoms with van der Waals surface area (Å²) >= 11 is 0. The van der Waals surface area contributed by atoms with Crippen LogP contribution in [0.2, 0.25) is 0 Å². The molecule has 0 aliphatic rings. The maximum Gasteiger partial charge on any atom is 0.289 e. The first-order valence-electron chi connectivity index (χ1n) is 5.04. The molecule has 0 unspecified atom stereocenters. The zero-order chi connectivity index (χ0) is 13.0. The average molecular weight is 239 g/mol. The number of carbonyl (C=O) groups is 2. The van der Waals surface area contributed by atoms with E-state index in [0.29, 0.717) is 5.56 Å². The number of Topliss-reactive ketones (excluding diaryl/α,β-unsaturated/α-hetero) is 1. The number of amides is 1. The fraction of sp³-hybridized carbons (Fsp3) is 0.333. The highest BCUT2D eigenvalue weighted by Crippen LogP contribution is 2.18. The number of hydrogen-bond acceptors (Lipinski definition) is 3. The summed E-state index contributed by atoms with van der Waals surface area (Å²) in [5.41, 5.74) is 0.598. The van der Waals surface area contributed by atoms with Crippen molar-refractivity contribution >= 4 is 11.7 Å². The van der Waals surface area contributed by atoms with Gasteiger partial charge in [0, 0.05) is 20.5 Å². The van der Waals surface area contributed by atoms with Crippen LogP contribution >= 0.6 is 0 Å². The summed E-state index contributed by atoms with van der Waals surface area (Å²) < 4.78 is 18.1. The molecule has 17 heavy (non-hydrogen) atoms. The van der Waals surface area contributed by atoms with Crippen LogP contribution in [0, 0.1) is 5.82 Å². The molecule has 92 valence electrons. The van der Waals surface area contributed by atoms with Gasteiger partial charge in [-0.1, -0.05) is 6.07 Å². The number of hydrogen-bond donors (Lipinski definition) is 0. The maximum atomic E-state index is 13.4. The van der Waals surface area contributed by atoms with Crippen molar-refractivity contribution in [3.8, 4) is 5.75 Å². The quantitative estimate of drug-likeness (QED) is 0.746. The first-order chi connectivity index (χ1) is 7.95. The normalized spacial score (nSPS) is 9.88. The average Bonchev–Trinajstić information content (AvgIpc) is 2.28. The third-order valence-corrected chi connectivity index (χ3v) is 2.28. The minimum Gasteiger partial charge on any atom is -0.494 e. The molecule has 0 N–H and O–H groups in total. The first kappa shape index (κ1) is 13.2. The molecule has 0 aliphatic heterocycles. The Morgan fingerprint density at radius 3 is 2.53 bits per heavy atom. The number of carbonyl (C=O) groups excluding carboxylic acids is 2. The molecular formula is C12H14FNO3. The minimum atomic E-state index is -0.596. The molecule has 5 heteroatoms. The molecule has 0 aliphatic carbocycles. The Morgan fingerprint density at radius 2 is 2.06 bits per heavy atom. The van der Waals surface area contributed by atoms with Crippen LogP contribution in [-0.4, -0.2) is 30.7 Å². The van der Waals surface area contributed by atoms with E-state index in [-0.39, 0.29) is 12.3 Å². The van der Waals surface area contributed by atoms with Crippen molar-refractivity contribution < 1.29 is 18.7 Å². The molecule has 1 amide bonds. The van der Waals surface area contributed by atoms with E-state index >= 15 is 0 Å². The zero-order valence-corrected chi connectivity index (χ0v) is 9.99. The molecule has 0 saturated heterocycles. The van der Waals surface area contributed by atoms with E-state index < -0.39 is 17.5 Å². The third-order valence-electron chi connectivity index (χ3n) is 2.28. The molecule has 0 aromatic heterocycles. The zero-order valence-electron chi connectivity index (χ0n) is 9.99. The van der Waals surface area contributed by atoms with Crippen LogP contribution in [-0.2, 0) is 16.1 Å². The molecule has 0 heterocycles. The van der Waals surface area contributed by atoms with Crippen LogP contribution in [0.5, 0.6) is 5.75 Å². The van der Waals surface area contributed by atoms with Crippen molar-refractivity contribution in [3.63, 3.8) is 0 Å². The monoisotopic (exact) mass is 239 g/mol. The van der Waals surface area contributed by atoms with E-state index in [0.717, 1.165) is 0 Å². The maximum absolute atomic E-state index is 13.4. The highest BCUT2D eigenvalue weighted by atomic mass is 19.1. The number of ether oxygens (including phenoxy) is 1. The van der Waals surface area contributed by atoms with Crippen molar-refractivity contribution in [1.29, 1.82) is 0 Å². The van der Waals surface area contributed by atoms with E-state index in [1.54, 1.807) is 6.07 Å². The third kappa shape index (κ3) is 3.27. The second kappa shape index (κ2) is 5.43. The van der Waals surface area contributed by atoms with Crippen LogP contribution in [0.25, 0.3) is 0 Å².